The Morgan fingerprint density at radius 1 is 1.11 bits per heavy atom. The molecule has 27 heavy (non-hydrogen) atoms. The number of aromatic nitrogens is 1. The second-order valence-electron chi connectivity index (χ2n) is 8.24. The van der Waals surface area contributed by atoms with Crippen LogP contribution in [-0.4, -0.2) is 90.2 Å². The Bertz CT molecular complexity index is 856. The first-order chi connectivity index (χ1) is 13.1. The number of likely N-dealkylation sites (N-methyl/N-ethyl adjacent to an activating group) is 1. The molecule has 2 aromatic rings. The lowest BCUT2D eigenvalue weighted by atomic mass is 9.88. The number of ether oxygens (including phenoxy) is 1. The number of hydrogen-bond acceptors (Lipinski definition) is 5. The Morgan fingerprint density at radius 3 is 2.70 bits per heavy atom. The van der Waals surface area contributed by atoms with E-state index in [2.05, 4.69) is 21.8 Å². The second kappa shape index (κ2) is 6.55. The molecular formula is C21H26N4O2. The molecule has 3 aliphatic heterocycles. The van der Waals surface area contributed by atoms with E-state index in [0.717, 1.165) is 50.1 Å². The smallest absolute Gasteiger partial charge is 0.272 e. The van der Waals surface area contributed by atoms with Crippen LogP contribution in [0.2, 0.25) is 0 Å². The van der Waals surface area contributed by atoms with Gasteiger partial charge in [0.2, 0.25) is 0 Å². The van der Waals surface area contributed by atoms with Crippen molar-refractivity contribution >= 4 is 16.8 Å². The van der Waals surface area contributed by atoms with Crippen LogP contribution in [-0.2, 0) is 4.74 Å². The summed E-state index contributed by atoms with van der Waals surface area (Å²) in [5, 5.41) is 1.06. The monoisotopic (exact) mass is 366 g/mol. The normalized spacial score (nSPS) is 25.8. The molecule has 0 aliphatic carbocycles. The van der Waals surface area contributed by atoms with Crippen molar-refractivity contribution in [2.24, 2.45) is 0 Å². The minimum absolute atomic E-state index is 0.0121. The molecule has 0 unspecified atom stereocenters. The lowest BCUT2D eigenvalue weighted by molar-refractivity contribution is -0.0952. The third-order valence-corrected chi connectivity index (χ3v) is 6.31. The van der Waals surface area contributed by atoms with Gasteiger partial charge in [-0.3, -0.25) is 9.69 Å². The van der Waals surface area contributed by atoms with E-state index >= 15 is 0 Å². The van der Waals surface area contributed by atoms with Crippen LogP contribution >= 0.6 is 0 Å². The van der Waals surface area contributed by atoms with Gasteiger partial charge in [0.25, 0.3) is 5.91 Å². The lowest BCUT2D eigenvalue weighted by Gasteiger charge is -2.47. The number of carbonyl (C=O) groups excluding carboxylic acids is 1. The molecule has 3 fully saturated rings. The molecule has 1 aromatic heterocycles. The number of para-hydroxylation sites is 1. The van der Waals surface area contributed by atoms with Gasteiger partial charge in [0.1, 0.15) is 11.3 Å². The van der Waals surface area contributed by atoms with Gasteiger partial charge < -0.3 is 14.5 Å². The molecule has 1 aromatic carbocycles. The molecule has 3 aliphatic rings. The summed E-state index contributed by atoms with van der Waals surface area (Å²) in [4.78, 5) is 24.2. The Morgan fingerprint density at radius 2 is 1.89 bits per heavy atom. The number of rotatable bonds is 2. The van der Waals surface area contributed by atoms with Gasteiger partial charge in [0, 0.05) is 37.6 Å². The molecule has 5 rings (SSSR count). The third kappa shape index (κ3) is 3.12. The van der Waals surface area contributed by atoms with Crippen LogP contribution in [0.1, 0.15) is 16.9 Å². The van der Waals surface area contributed by atoms with Crippen molar-refractivity contribution in [3.8, 4) is 0 Å². The summed E-state index contributed by atoms with van der Waals surface area (Å²) in [5.74, 6) is 0.0121. The van der Waals surface area contributed by atoms with Crippen molar-refractivity contribution in [2.75, 3.05) is 52.9 Å². The van der Waals surface area contributed by atoms with Gasteiger partial charge in [-0.2, -0.15) is 0 Å². The summed E-state index contributed by atoms with van der Waals surface area (Å²) < 4.78 is 6.19. The van der Waals surface area contributed by atoms with Gasteiger partial charge in [0.15, 0.2) is 0 Å². The number of benzene rings is 1. The van der Waals surface area contributed by atoms with Crippen LogP contribution < -0.4 is 0 Å². The number of carbonyl (C=O) groups is 1. The first kappa shape index (κ1) is 17.1. The number of pyridine rings is 1. The fourth-order valence-corrected chi connectivity index (χ4v) is 4.60. The van der Waals surface area contributed by atoms with Crippen molar-refractivity contribution in [2.45, 2.75) is 18.1 Å². The van der Waals surface area contributed by atoms with Crippen molar-refractivity contribution < 1.29 is 9.53 Å². The second-order valence-corrected chi connectivity index (χ2v) is 8.24. The van der Waals surface area contributed by atoms with Crippen LogP contribution in [0.5, 0.6) is 0 Å². The number of likely N-dealkylation sites (tertiary alicyclic amines) is 1. The van der Waals surface area contributed by atoms with Gasteiger partial charge in [-0.15, -0.1) is 0 Å². The summed E-state index contributed by atoms with van der Waals surface area (Å²) in [6.45, 7) is 6.65. The quantitative estimate of drug-likeness (QED) is 0.806. The standard InChI is InChI=1S/C21H26N4O2/c1-23-8-10-24(11-9-23)17-12-21(27-13-17)14-25(15-21)20(26)19-7-6-16-4-2-3-5-18(16)22-19/h2-7,17H,8-15H2,1H3/t17-/m0/s1. The summed E-state index contributed by atoms with van der Waals surface area (Å²) in [6.07, 6.45) is 1.03. The molecule has 0 radical (unpaired) electrons. The molecule has 0 bridgehead atoms. The average molecular weight is 366 g/mol. The minimum atomic E-state index is -0.138. The van der Waals surface area contributed by atoms with Crippen LogP contribution in [0.15, 0.2) is 36.4 Å². The molecule has 0 N–H and O–H groups in total. The summed E-state index contributed by atoms with van der Waals surface area (Å²) in [6, 6.07) is 12.2. The van der Waals surface area contributed by atoms with Crippen molar-refractivity contribution in [3.63, 3.8) is 0 Å². The largest absolute Gasteiger partial charge is 0.370 e. The van der Waals surface area contributed by atoms with Crippen LogP contribution in [0.25, 0.3) is 10.9 Å². The molecular weight excluding hydrogens is 340 g/mol. The van der Waals surface area contributed by atoms with E-state index in [9.17, 15) is 4.79 Å². The van der Waals surface area contributed by atoms with E-state index in [1.165, 1.54) is 0 Å². The maximum atomic E-state index is 12.8. The average Bonchev–Trinajstić information content (AvgIpc) is 3.12. The molecule has 1 spiro atoms. The number of nitrogens with zero attached hydrogens (tertiary/aromatic N) is 4. The van der Waals surface area contributed by atoms with E-state index in [-0.39, 0.29) is 11.5 Å². The molecule has 0 saturated carbocycles. The molecule has 1 atom stereocenters. The van der Waals surface area contributed by atoms with E-state index in [1.807, 2.05) is 41.3 Å². The predicted molar refractivity (Wildman–Crippen MR) is 104 cm³/mol. The molecule has 1 amide bonds. The van der Waals surface area contributed by atoms with Crippen LogP contribution in [0.4, 0.5) is 0 Å². The maximum Gasteiger partial charge on any atom is 0.272 e. The molecule has 3 saturated heterocycles. The van der Waals surface area contributed by atoms with Gasteiger partial charge >= 0.3 is 0 Å². The third-order valence-electron chi connectivity index (χ3n) is 6.31. The van der Waals surface area contributed by atoms with Crippen LogP contribution in [0, 0.1) is 0 Å². The number of hydrogen-bond donors (Lipinski definition) is 0. The fraction of sp³-hybridized carbons (Fsp3) is 0.524. The summed E-state index contributed by atoms with van der Waals surface area (Å²) >= 11 is 0. The summed E-state index contributed by atoms with van der Waals surface area (Å²) in [7, 11) is 2.18. The molecule has 6 heteroatoms. The van der Waals surface area contributed by atoms with Crippen molar-refractivity contribution in [1.82, 2.24) is 19.7 Å². The van der Waals surface area contributed by atoms with Gasteiger partial charge in [-0.1, -0.05) is 24.3 Å². The first-order valence-electron chi connectivity index (χ1n) is 9.84. The van der Waals surface area contributed by atoms with E-state index in [1.54, 1.807) is 0 Å². The topological polar surface area (TPSA) is 48.9 Å². The zero-order valence-electron chi connectivity index (χ0n) is 15.8. The van der Waals surface area contributed by atoms with E-state index in [0.29, 0.717) is 24.8 Å². The Balaban J connectivity index is 1.21. The highest BCUT2D eigenvalue weighted by Crippen LogP contribution is 2.37. The number of piperazine rings is 1. The number of fused-ring (bicyclic) bond motifs is 1. The first-order valence-corrected chi connectivity index (χ1v) is 9.84. The predicted octanol–water partition coefficient (Wildman–Crippen LogP) is 1.47. The van der Waals surface area contributed by atoms with Gasteiger partial charge in [-0.05, 0) is 25.6 Å². The Labute approximate surface area is 159 Å². The molecule has 4 heterocycles. The van der Waals surface area contributed by atoms with E-state index < -0.39 is 0 Å². The van der Waals surface area contributed by atoms with Crippen molar-refractivity contribution in [1.29, 1.82) is 0 Å². The highest BCUT2D eigenvalue weighted by Gasteiger charge is 2.52. The van der Waals surface area contributed by atoms with E-state index in [4.69, 9.17) is 4.74 Å². The van der Waals surface area contributed by atoms with Crippen LogP contribution in [0.3, 0.4) is 0 Å². The number of amides is 1. The summed E-state index contributed by atoms with van der Waals surface area (Å²) in [5.41, 5.74) is 1.25. The zero-order valence-corrected chi connectivity index (χ0v) is 15.8. The van der Waals surface area contributed by atoms with Gasteiger partial charge in [-0.25, -0.2) is 4.98 Å². The Kier molecular flexibility index (Phi) is 4.15. The molecule has 6 nitrogen and oxygen atoms in total. The van der Waals surface area contributed by atoms with Crippen molar-refractivity contribution in [3.05, 3.63) is 42.1 Å². The highest BCUT2D eigenvalue weighted by molar-refractivity contribution is 5.95. The highest BCUT2D eigenvalue weighted by atomic mass is 16.5. The molecule has 142 valence electrons. The SMILES string of the molecule is CN1CCN([C@@H]2COC3(C2)CN(C(=O)c2ccc4ccccc4n2)C3)CC1. The lowest BCUT2D eigenvalue weighted by Crippen LogP contribution is -2.63. The fourth-order valence-electron chi connectivity index (χ4n) is 4.60. The minimum Gasteiger partial charge on any atom is -0.370 e. The maximum absolute atomic E-state index is 12.8. The zero-order chi connectivity index (χ0) is 18.4. The Hall–Kier alpha value is -2.02. The van der Waals surface area contributed by atoms with Gasteiger partial charge in [0.05, 0.1) is 25.2 Å².